The van der Waals surface area contributed by atoms with Crippen LogP contribution in [0.4, 0.5) is 0 Å². The summed E-state index contributed by atoms with van der Waals surface area (Å²) in [6.45, 7) is 0.591. The molecule has 0 fully saturated rings. The number of amides is 1. The molecule has 0 saturated carbocycles. The van der Waals surface area contributed by atoms with Crippen molar-refractivity contribution < 1.29 is 19.1 Å². The summed E-state index contributed by atoms with van der Waals surface area (Å²) >= 11 is 5.95. The van der Waals surface area contributed by atoms with Crippen LogP contribution in [-0.2, 0) is 20.7 Å². The maximum atomic E-state index is 11.7. The van der Waals surface area contributed by atoms with Gasteiger partial charge in [0.15, 0.2) is 0 Å². The molecule has 0 aliphatic carbocycles. The SMILES string of the molecule is O=C(Cc1ccccc1)NCCC(=O)OCCOc1ccccc1Cl. The van der Waals surface area contributed by atoms with Gasteiger partial charge in [0.05, 0.1) is 17.9 Å². The molecule has 2 rings (SSSR count). The number of nitrogens with one attached hydrogen (secondary N) is 1. The smallest absolute Gasteiger partial charge is 0.307 e. The van der Waals surface area contributed by atoms with Crippen molar-refractivity contribution in [2.45, 2.75) is 12.8 Å². The minimum absolute atomic E-state index is 0.118. The number of para-hydroxylation sites is 1. The molecule has 6 heteroatoms. The third-order valence-corrected chi connectivity index (χ3v) is 3.61. The van der Waals surface area contributed by atoms with E-state index in [0.29, 0.717) is 17.2 Å². The molecular formula is C19H20ClNO4. The van der Waals surface area contributed by atoms with Crippen molar-refractivity contribution in [3.05, 3.63) is 65.2 Å². The number of esters is 1. The van der Waals surface area contributed by atoms with E-state index < -0.39 is 0 Å². The van der Waals surface area contributed by atoms with Crippen LogP contribution in [0.2, 0.25) is 5.02 Å². The van der Waals surface area contributed by atoms with E-state index in [9.17, 15) is 9.59 Å². The first kappa shape index (κ1) is 18.8. The minimum atomic E-state index is -0.386. The van der Waals surface area contributed by atoms with E-state index in [1.807, 2.05) is 36.4 Å². The molecule has 0 aromatic heterocycles. The maximum Gasteiger partial charge on any atom is 0.307 e. The molecule has 0 spiro atoms. The van der Waals surface area contributed by atoms with Gasteiger partial charge in [0.1, 0.15) is 19.0 Å². The van der Waals surface area contributed by atoms with E-state index in [0.717, 1.165) is 5.56 Å². The molecule has 5 nitrogen and oxygen atoms in total. The lowest BCUT2D eigenvalue weighted by Gasteiger charge is -2.09. The molecule has 2 aromatic carbocycles. The van der Waals surface area contributed by atoms with Crippen LogP contribution in [0, 0.1) is 0 Å². The molecule has 132 valence electrons. The van der Waals surface area contributed by atoms with Gasteiger partial charge in [0.25, 0.3) is 0 Å². The third kappa shape index (κ3) is 7.27. The fourth-order valence-corrected chi connectivity index (χ4v) is 2.28. The summed E-state index contributed by atoms with van der Waals surface area (Å²) < 4.78 is 10.5. The highest BCUT2D eigenvalue weighted by molar-refractivity contribution is 6.32. The maximum absolute atomic E-state index is 11.7. The molecule has 0 heterocycles. The number of benzene rings is 2. The predicted octanol–water partition coefficient (Wildman–Crippen LogP) is 3.01. The normalized spacial score (nSPS) is 10.1. The van der Waals surface area contributed by atoms with Gasteiger partial charge in [-0.3, -0.25) is 9.59 Å². The first-order valence-electron chi connectivity index (χ1n) is 7.99. The molecule has 0 bridgehead atoms. The summed E-state index contributed by atoms with van der Waals surface area (Å²) in [5, 5.41) is 3.21. The summed E-state index contributed by atoms with van der Waals surface area (Å²) in [7, 11) is 0. The monoisotopic (exact) mass is 361 g/mol. The zero-order valence-corrected chi connectivity index (χ0v) is 14.5. The molecule has 1 amide bonds. The van der Waals surface area contributed by atoms with Crippen LogP contribution < -0.4 is 10.1 Å². The first-order chi connectivity index (χ1) is 12.1. The molecule has 0 atom stereocenters. The van der Waals surface area contributed by atoms with E-state index in [4.69, 9.17) is 21.1 Å². The first-order valence-corrected chi connectivity index (χ1v) is 8.36. The largest absolute Gasteiger partial charge is 0.488 e. The van der Waals surface area contributed by atoms with Gasteiger partial charge in [-0.05, 0) is 17.7 Å². The number of ether oxygens (including phenoxy) is 2. The van der Waals surface area contributed by atoms with Gasteiger partial charge in [0, 0.05) is 6.54 Å². The number of halogens is 1. The van der Waals surface area contributed by atoms with Crippen molar-refractivity contribution in [2.24, 2.45) is 0 Å². The Bertz CT molecular complexity index is 691. The van der Waals surface area contributed by atoms with Crippen molar-refractivity contribution >= 4 is 23.5 Å². The molecular weight excluding hydrogens is 342 g/mol. The Morgan fingerprint density at radius 3 is 2.44 bits per heavy atom. The number of hydrogen-bond donors (Lipinski definition) is 1. The fourth-order valence-electron chi connectivity index (χ4n) is 2.09. The average Bonchev–Trinajstić information content (AvgIpc) is 2.61. The zero-order valence-electron chi connectivity index (χ0n) is 13.7. The standard InChI is InChI=1S/C19H20ClNO4/c20-16-8-4-5-9-17(16)24-12-13-25-19(23)10-11-21-18(22)14-15-6-2-1-3-7-15/h1-9H,10-14H2,(H,21,22). The van der Waals surface area contributed by atoms with Crippen molar-refractivity contribution in [3.8, 4) is 5.75 Å². The lowest BCUT2D eigenvalue weighted by Crippen LogP contribution is -2.28. The Kier molecular flexibility index (Phi) is 7.79. The van der Waals surface area contributed by atoms with E-state index >= 15 is 0 Å². The average molecular weight is 362 g/mol. The Hall–Kier alpha value is -2.53. The molecule has 25 heavy (non-hydrogen) atoms. The molecule has 0 saturated heterocycles. The number of rotatable bonds is 9. The summed E-state index contributed by atoms with van der Waals surface area (Å²) in [4.78, 5) is 23.4. The van der Waals surface area contributed by atoms with Gasteiger partial charge in [-0.1, -0.05) is 54.1 Å². The van der Waals surface area contributed by atoms with Gasteiger partial charge in [-0.15, -0.1) is 0 Å². The lowest BCUT2D eigenvalue weighted by molar-refractivity contribution is -0.144. The van der Waals surface area contributed by atoms with Gasteiger partial charge in [-0.2, -0.15) is 0 Å². The molecule has 0 aliphatic rings. The number of hydrogen-bond acceptors (Lipinski definition) is 4. The third-order valence-electron chi connectivity index (χ3n) is 3.30. The summed E-state index contributed by atoms with van der Waals surface area (Å²) in [5.74, 6) is 0.0391. The van der Waals surface area contributed by atoms with Crippen LogP contribution >= 0.6 is 11.6 Å². The van der Waals surface area contributed by atoms with Crippen LogP contribution in [0.1, 0.15) is 12.0 Å². The highest BCUT2D eigenvalue weighted by Gasteiger charge is 2.06. The quantitative estimate of drug-likeness (QED) is 0.551. The summed E-state index contributed by atoms with van der Waals surface area (Å²) in [6.07, 6.45) is 0.411. The molecule has 1 N–H and O–H groups in total. The van der Waals surface area contributed by atoms with Crippen LogP contribution in [0.5, 0.6) is 5.75 Å². The Morgan fingerprint density at radius 1 is 0.960 bits per heavy atom. The van der Waals surface area contributed by atoms with Crippen molar-refractivity contribution in [2.75, 3.05) is 19.8 Å². The zero-order chi connectivity index (χ0) is 17.9. The topological polar surface area (TPSA) is 64.6 Å². The Labute approximate surface area is 151 Å². The van der Waals surface area contributed by atoms with Crippen LogP contribution in [0.15, 0.2) is 54.6 Å². The van der Waals surface area contributed by atoms with Crippen molar-refractivity contribution in [3.63, 3.8) is 0 Å². The fraction of sp³-hybridized carbons (Fsp3) is 0.263. The molecule has 0 unspecified atom stereocenters. The predicted molar refractivity (Wildman–Crippen MR) is 95.7 cm³/mol. The second kappa shape index (κ2) is 10.4. The molecule has 0 aliphatic heterocycles. The van der Waals surface area contributed by atoms with Gasteiger partial charge >= 0.3 is 5.97 Å². The molecule has 2 aromatic rings. The van der Waals surface area contributed by atoms with Crippen LogP contribution in [-0.4, -0.2) is 31.6 Å². The van der Waals surface area contributed by atoms with Crippen molar-refractivity contribution in [1.82, 2.24) is 5.32 Å². The van der Waals surface area contributed by atoms with E-state index in [1.165, 1.54) is 0 Å². The van der Waals surface area contributed by atoms with E-state index in [1.54, 1.807) is 18.2 Å². The number of carbonyl (C=O) groups is 2. The van der Waals surface area contributed by atoms with Gasteiger partial charge in [0.2, 0.25) is 5.91 Å². The Morgan fingerprint density at radius 2 is 1.68 bits per heavy atom. The number of carbonyl (C=O) groups excluding carboxylic acids is 2. The molecule has 0 radical (unpaired) electrons. The highest BCUT2D eigenvalue weighted by Crippen LogP contribution is 2.22. The van der Waals surface area contributed by atoms with Gasteiger partial charge in [-0.25, -0.2) is 0 Å². The van der Waals surface area contributed by atoms with Crippen LogP contribution in [0.25, 0.3) is 0 Å². The highest BCUT2D eigenvalue weighted by atomic mass is 35.5. The summed E-state index contributed by atoms with van der Waals surface area (Å²) in [5.41, 5.74) is 0.930. The van der Waals surface area contributed by atoms with Crippen molar-refractivity contribution in [1.29, 1.82) is 0 Å². The van der Waals surface area contributed by atoms with E-state index in [2.05, 4.69) is 5.32 Å². The van der Waals surface area contributed by atoms with Crippen LogP contribution in [0.3, 0.4) is 0 Å². The second-order valence-corrected chi connectivity index (χ2v) is 5.67. The van der Waals surface area contributed by atoms with Gasteiger partial charge < -0.3 is 14.8 Å². The lowest BCUT2D eigenvalue weighted by atomic mass is 10.1. The second-order valence-electron chi connectivity index (χ2n) is 5.26. The summed E-state index contributed by atoms with van der Waals surface area (Å²) in [6, 6.07) is 16.5. The Balaban J connectivity index is 1.55. The van der Waals surface area contributed by atoms with E-state index in [-0.39, 0.29) is 38.1 Å². The minimum Gasteiger partial charge on any atom is -0.488 e.